The van der Waals surface area contributed by atoms with Crippen LogP contribution >= 0.6 is 0 Å². The Morgan fingerprint density at radius 1 is 1.16 bits per heavy atom. The predicted molar refractivity (Wildman–Crippen MR) is 116 cm³/mol. The first kappa shape index (κ1) is 19.7. The van der Waals surface area contributed by atoms with Gasteiger partial charge in [0.25, 0.3) is 0 Å². The lowest BCUT2D eigenvalue weighted by molar-refractivity contribution is 0.0547. The average molecular weight is 420 g/mol. The van der Waals surface area contributed by atoms with Crippen LogP contribution in [0.3, 0.4) is 0 Å². The Kier molecular flexibility index (Phi) is 4.35. The molecule has 160 valence electrons. The van der Waals surface area contributed by atoms with Gasteiger partial charge in [-0.3, -0.25) is 0 Å². The van der Waals surface area contributed by atoms with Gasteiger partial charge in [0, 0.05) is 24.1 Å². The lowest BCUT2D eigenvalue weighted by atomic mass is 9.66. The van der Waals surface area contributed by atoms with E-state index >= 15 is 4.39 Å². The van der Waals surface area contributed by atoms with Gasteiger partial charge in [0.15, 0.2) is 5.82 Å². The van der Waals surface area contributed by atoms with Gasteiger partial charge in [-0.2, -0.15) is 0 Å². The minimum absolute atomic E-state index is 0.0151. The Balaban J connectivity index is 1.38. The molecule has 1 fully saturated rings. The van der Waals surface area contributed by atoms with E-state index in [0.717, 1.165) is 12.8 Å². The monoisotopic (exact) mass is 420 g/mol. The second-order valence-electron chi connectivity index (χ2n) is 9.28. The molecule has 0 unspecified atom stereocenters. The van der Waals surface area contributed by atoms with Crippen LogP contribution in [0.5, 0.6) is 5.75 Å². The molecule has 2 bridgehead atoms. The molecule has 5 rings (SSSR count). The maximum Gasteiger partial charge on any atom is 0.151 e. The number of phenols is 1. The molecule has 2 aliphatic carbocycles. The number of phenolic OH excluding ortho intramolecular Hbond substituents is 1. The highest BCUT2D eigenvalue weighted by atomic mass is 19.1. The van der Waals surface area contributed by atoms with E-state index in [-0.39, 0.29) is 17.2 Å². The van der Waals surface area contributed by atoms with Crippen molar-refractivity contribution in [1.82, 2.24) is 25.2 Å². The molecule has 4 atom stereocenters. The third kappa shape index (κ3) is 3.26. The highest BCUT2D eigenvalue weighted by molar-refractivity contribution is 5.69. The van der Waals surface area contributed by atoms with E-state index in [9.17, 15) is 5.11 Å². The van der Waals surface area contributed by atoms with Crippen molar-refractivity contribution in [1.29, 1.82) is 0 Å². The van der Waals surface area contributed by atoms with Gasteiger partial charge >= 0.3 is 0 Å². The van der Waals surface area contributed by atoms with Crippen molar-refractivity contribution in [3.8, 4) is 22.7 Å². The number of fused-ring (bicyclic) bond motifs is 2. The van der Waals surface area contributed by atoms with E-state index < -0.39 is 11.6 Å². The van der Waals surface area contributed by atoms with Gasteiger partial charge in [-0.25, -0.2) is 9.07 Å². The molecule has 1 aromatic carbocycles. The second kappa shape index (κ2) is 6.87. The molecule has 0 amide bonds. The standard InChI is InChI=1S/C23H25FN6O/c1-22-8-9-23(2,14-22)21(24)18(13-22)29(3)20-7-6-17(26-27-20)16-5-4-15(12-19(16)31)30-11-10-25-28-30/h4-12,18,21,31H,13-14H2,1-3H3/t18-,21+,22-,23-/m0/s1. The van der Waals surface area contributed by atoms with Crippen LogP contribution in [0.15, 0.2) is 54.9 Å². The van der Waals surface area contributed by atoms with E-state index in [1.807, 2.05) is 37.1 Å². The van der Waals surface area contributed by atoms with Crippen molar-refractivity contribution in [2.24, 2.45) is 10.8 Å². The molecule has 1 N–H and O–H groups in total. The maximum atomic E-state index is 15.4. The second-order valence-corrected chi connectivity index (χ2v) is 9.28. The SMILES string of the molecule is CN(c1ccc(-c2ccc(-n3ccnn3)cc2O)nn1)[C@H]1C[C@]2(C)C=C[C@@](C)(C2)[C@@H]1F. The van der Waals surface area contributed by atoms with Crippen LogP contribution in [0.25, 0.3) is 16.9 Å². The molecule has 2 aliphatic rings. The largest absolute Gasteiger partial charge is 0.507 e. The summed E-state index contributed by atoms with van der Waals surface area (Å²) in [6.45, 7) is 4.20. The van der Waals surface area contributed by atoms with Gasteiger partial charge in [-0.15, -0.1) is 15.3 Å². The van der Waals surface area contributed by atoms with Crippen LogP contribution in [0, 0.1) is 10.8 Å². The van der Waals surface area contributed by atoms with Gasteiger partial charge in [-0.05, 0) is 42.5 Å². The zero-order chi connectivity index (χ0) is 21.8. The number of benzene rings is 1. The molecule has 3 aromatic rings. The lowest BCUT2D eigenvalue weighted by Crippen LogP contribution is -2.52. The summed E-state index contributed by atoms with van der Waals surface area (Å²) in [7, 11) is 1.88. The fourth-order valence-corrected chi connectivity index (χ4v) is 5.12. The minimum Gasteiger partial charge on any atom is -0.507 e. The third-order valence-electron chi connectivity index (χ3n) is 6.75. The highest BCUT2D eigenvalue weighted by Crippen LogP contribution is 2.55. The van der Waals surface area contributed by atoms with Crippen LogP contribution in [0.4, 0.5) is 10.2 Å². The Bertz CT molecular complexity index is 1130. The molecule has 0 saturated heterocycles. The number of alkyl halides is 1. The summed E-state index contributed by atoms with van der Waals surface area (Å²) in [6.07, 6.45) is 8.11. The third-order valence-corrected chi connectivity index (χ3v) is 6.75. The van der Waals surface area contributed by atoms with Gasteiger partial charge in [0.05, 0.1) is 29.8 Å². The Morgan fingerprint density at radius 2 is 2.00 bits per heavy atom. The van der Waals surface area contributed by atoms with E-state index in [1.165, 1.54) is 0 Å². The number of anilines is 1. The summed E-state index contributed by atoms with van der Waals surface area (Å²) in [5.41, 5.74) is 1.38. The molecule has 8 heteroatoms. The Labute approximate surface area is 180 Å². The minimum atomic E-state index is -0.973. The Hall–Kier alpha value is -3.29. The van der Waals surface area contributed by atoms with Crippen molar-refractivity contribution in [3.05, 3.63) is 54.9 Å². The summed E-state index contributed by atoms with van der Waals surface area (Å²) >= 11 is 0. The number of nitrogens with zero attached hydrogens (tertiary/aromatic N) is 6. The first-order valence-corrected chi connectivity index (χ1v) is 10.4. The molecular weight excluding hydrogens is 395 g/mol. The number of hydrogen-bond acceptors (Lipinski definition) is 6. The molecule has 2 aromatic heterocycles. The highest BCUT2D eigenvalue weighted by Gasteiger charge is 2.53. The molecule has 31 heavy (non-hydrogen) atoms. The maximum absolute atomic E-state index is 15.4. The van der Waals surface area contributed by atoms with E-state index in [0.29, 0.717) is 22.8 Å². The van der Waals surface area contributed by atoms with Gasteiger partial charge in [-0.1, -0.05) is 31.2 Å². The van der Waals surface area contributed by atoms with Gasteiger partial charge in [0.2, 0.25) is 0 Å². The summed E-state index contributed by atoms with van der Waals surface area (Å²) in [5, 5.41) is 26.8. The predicted octanol–water partition coefficient (Wildman–Crippen LogP) is 3.95. The lowest BCUT2D eigenvalue weighted by Gasteiger charge is -2.46. The smallest absolute Gasteiger partial charge is 0.151 e. The summed E-state index contributed by atoms with van der Waals surface area (Å²) < 4.78 is 17.0. The van der Waals surface area contributed by atoms with E-state index in [4.69, 9.17) is 0 Å². The van der Waals surface area contributed by atoms with E-state index in [2.05, 4.69) is 33.5 Å². The molecule has 0 spiro atoms. The zero-order valence-electron chi connectivity index (χ0n) is 17.8. The molecule has 0 radical (unpaired) electrons. The average Bonchev–Trinajstić information content (AvgIpc) is 3.38. The summed E-state index contributed by atoms with van der Waals surface area (Å²) in [5.74, 6) is 0.687. The van der Waals surface area contributed by atoms with Crippen molar-refractivity contribution in [2.45, 2.75) is 38.9 Å². The molecule has 0 aliphatic heterocycles. The van der Waals surface area contributed by atoms with Crippen LogP contribution in [0.2, 0.25) is 0 Å². The van der Waals surface area contributed by atoms with Crippen LogP contribution < -0.4 is 4.90 Å². The molecular formula is C23H25FN6O. The van der Waals surface area contributed by atoms with E-state index in [1.54, 1.807) is 35.3 Å². The normalized spacial score (nSPS) is 29.3. The number of halogens is 1. The number of rotatable bonds is 4. The quantitative estimate of drug-likeness (QED) is 0.644. The van der Waals surface area contributed by atoms with Crippen molar-refractivity contribution in [2.75, 3.05) is 11.9 Å². The van der Waals surface area contributed by atoms with Crippen molar-refractivity contribution in [3.63, 3.8) is 0 Å². The number of hydrogen-bond donors (Lipinski definition) is 1. The topological polar surface area (TPSA) is 80.0 Å². The first-order valence-electron chi connectivity index (χ1n) is 10.4. The number of aromatic hydroxyl groups is 1. The van der Waals surface area contributed by atoms with Crippen LogP contribution in [-0.2, 0) is 0 Å². The number of aromatic nitrogens is 5. The number of allylic oxidation sites excluding steroid dienone is 2. The fraction of sp³-hybridized carbons (Fsp3) is 0.391. The van der Waals surface area contributed by atoms with Crippen LogP contribution in [0.1, 0.15) is 26.7 Å². The van der Waals surface area contributed by atoms with Crippen LogP contribution in [-0.4, -0.2) is 49.6 Å². The molecule has 7 nitrogen and oxygen atoms in total. The van der Waals surface area contributed by atoms with Gasteiger partial charge in [0.1, 0.15) is 11.9 Å². The van der Waals surface area contributed by atoms with Crippen molar-refractivity contribution < 1.29 is 9.50 Å². The Morgan fingerprint density at radius 3 is 2.68 bits per heavy atom. The molecule has 1 saturated carbocycles. The summed E-state index contributed by atoms with van der Waals surface area (Å²) in [6, 6.07) is 8.55. The summed E-state index contributed by atoms with van der Waals surface area (Å²) in [4.78, 5) is 1.90. The zero-order valence-corrected chi connectivity index (χ0v) is 17.8. The fourth-order valence-electron chi connectivity index (χ4n) is 5.12. The first-order chi connectivity index (χ1) is 14.8. The van der Waals surface area contributed by atoms with Crippen molar-refractivity contribution >= 4 is 5.82 Å². The molecule has 2 heterocycles. The van der Waals surface area contributed by atoms with Gasteiger partial charge < -0.3 is 10.0 Å².